The molecule has 0 bridgehead atoms. The van der Waals surface area contributed by atoms with Gasteiger partial charge in [-0.1, -0.05) is 6.42 Å². The van der Waals surface area contributed by atoms with Crippen molar-refractivity contribution in [2.75, 3.05) is 19.7 Å². The summed E-state index contributed by atoms with van der Waals surface area (Å²) in [6.07, 6.45) is 5.29. The highest BCUT2D eigenvalue weighted by molar-refractivity contribution is 4.79. The van der Waals surface area contributed by atoms with Crippen LogP contribution in [0.25, 0.3) is 0 Å². The predicted molar refractivity (Wildman–Crippen MR) is 73.4 cm³/mol. The lowest BCUT2D eigenvalue weighted by Gasteiger charge is -2.30. The van der Waals surface area contributed by atoms with Gasteiger partial charge in [0.05, 0.1) is 5.60 Å². The minimum atomic E-state index is -0.0526. The Hall–Kier alpha value is -0.120. The van der Waals surface area contributed by atoms with Gasteiger partial charge in [0.25, 0.3) is 0 Å². The molecule has 3 nitrogen and oxygen atoms in total. The lowest BCUT2D eigenvalue weighted by Crippen LogP contribution is -2.45. The Kier molecular flexibility index (Phi) is 6.45. The fraction of sp³-hybridized carbons (Fsp3) is 1.00. The molecular weight excluding hydrogens is 212 g/mol. The lowest BCUT2D eigenvalue weighted by molar-refractivity contribution is -0.0106. The first kappa shape index (κ1) is 14.9. The fourth-order valence-electron chi connectivity index (χ4n) is 2.50. The van der Waals surface area contributed by atoms with Gasteiger partial charge in [0.15, 0.2) is 0 Å². The average molecular weight is 242 g/mol. The Morgan fingerprint density at radius 3 is 2.76 bits per heavy atom. The molecule has 0 spiro atoms. The lowest BCUT2D eigenvalue weighted by atomic mass is 9.98. The highest BCUT2D eigenvalue weighted by Crippen LogP contribution is 2.13. The van der Waals surface area contributed by atoms with Gasteiger partial charge in [-0.05, 0) is 53.5 Å². The van der Waals surface area contributed by atoms with Crippen LogP contribution in [0.15, 0.2) is 0 Å². The van der Waals surface area contributed by atoms with E-state index in [9.17, 15) is 0 Å². The van der Waals surface area contributed by atoms with E-state index in [4.69, 9.17) is 4.74 Å². The van der Waals surface area contributed by atoms with E-state index < -0.39 is 0 Å². The fourth-order valence-corrected chi connectivity index (χ4v) is 2.50. The van der Waals surface area contributed by atoms with E-state index in [0.717, 1.165) is 13.2 Å². The summed E-state index contributed by atoms with van der Waals surface area (Å²) in [4.78, 5) is 0. The zero-order chi connectivity index (χ0) is 12.7. The molecule has 2 atom stereocenters. The Labute approximate surface area is 107 Å². The first-order valence-corrected chi connectivity index (χ1v) is 7.14. The maximum absolute atomic E-state index is 5.69. The molecule has 0 radical (unpaired) electrons. The third kappa shape index (κ3) is 6.39. The van der Waals surface area contributed by atoms with E-state index in [1.54, 1.807) is 0 Å². The highest BCUT2D eigenvalue weighted by Gasteiger charge is 2.20. The Balaban J connectivity index is 2.17. The van der Waals surface area contributed by atoms with Crippen molar-refractivity contribution in [2.24, 2.45) is 0 Å². The number of nitrogens with one attached hydrogen (secondary N) is 2. The molecule has 1 saturated heterocycles. The van der Waals surface area contributed by atoms with E-state index in [-0.39, 0.29) is 5.60 Å². The van der Waals surface area contributed by atoms with Crippen LogP contribution in [0.5, 0.6) is 0 Å². The Morgan fingerprint density at radius 1 is 1.41 bits per heavy atom. The van der Waals surface area contributed by atoms with Crippen molar-refractivity contribution in [2.45, 2.75) is 71.1 Å². The van der Waals surface area contributed by atoms with Crippen molar-refractivity contribution in [1.82, 2.24) is 10.6 Å². The van der Waals surface area contributed by atoms with E-state index in [0.29, 0.717) is 12.1 Å². The predicted octanol–water partition coefficient (Wildman–Crippen LogP) is 2.31. The van der Waals surface area contributed by atoms with Crippen LogP contribution < -0.4 is 10.6 Å². The molecule has 0 aromatic rings. The smallest absolute Gasteiger partial charge is 0.0750 e. The van der Waals surface area contributed by atoms with E-state index in [2.05, 4.69) is 38.3 Å². The summed E-state index contributed by atoms with van der Waals surface area (Å²) in [5.74, 6) is 0. The molecule has 0 amide bonds. The van der Waals surface area contributed by atoms with Crippen molar-refractivity contribution in [1.29, 1.82) is 0 Å². The summed E-state index contributed by atoms with van der Waals surface area (Å²) in [5, 5.41) is 7.19. The Bertz CT molecular complexity index is 200. The quantitative estimate of drug-likeness (QED) is 0.719. The molecule has 2 N–H and O–H groups in total. The van der Waals surface area contributed by atoms with Crippen LogP contribution in [0.2, 0.25) is 0 Å². The van der Waals surface area contributed by atoms with E-state index >= 15 is 0 Å². The third-order valence-electron chi connectivity index (χ3n) is 3.46. The molecule has 1 aliphatic rings. The molecule has 0 aliphatic carbocycles. The molecule has 3 heteroatoms. The summed E-state index contributed by atoms with van der Waals surface area (Å²) >= 11 is 0. The van der Waals surface area contributed by atoms with Crippen molar-refractivity contribution >= 4 is 0 Å². The second kappa shape index (κ2) is 7.34. The number of rotatable bonds is 7. The van der Waals surface area contributed by atoms with Gasteiger partial charge >= 0.3 is 0 Å². The molecule has 102 valence electrons. The minimum absolute atomic E-state index is 0.0526. The maximum atomic E-state index is 5.69. The van der Waals surface area contributed by atoms with Crippen molar-refractivity contribution in [3.63, 3.8) is 0 Å². The highest BCUT2D eigenvalue weighted by atomic mass is 16.5. The maximum Gasteiger partial charge on any atom is 0.0750 e. The molecule has 1 fully saturated rings. The molecule has 17 heavy (non-hydrogen) atoms. The number of piperidine rings is 1. The van der Waals surface area contributed by atoms with Crippen molar-refractivity contribution in [3.05, 3.63) is 0 Å². The minimum Gasteiger partial charge on any atom is -0.375 e. The molecular formula is C14H30N2O. The van der Waals surface area contributed by atoms with Gasteiger partial charge in [0, 0.05) is 25.2 Å². The molecule has 0 aromatic heterocycles. The SMILES string of the molecule is CCOC(C)(C)CNC(C)CC1CCCCN1. The summed E-state index contributed by atoms with van der Waals surface area (Å²) < 4.78 is 5.69. The monoisotopic (exact) mass is 242 g/mol. The molecule has 0 aromatic carbocycles. The van der Waals surface area contributed by atoms with Crippen LogP contribution in [0, 0.1) is 0 Å². The average Bonchev–Trinajstić information content (AvgIpc) is 2.28. The van der Waals surface area contributed by atoms with Crippen LogP contribution in [0.4, 0.5) is 0 Å². The van der Waals surface area contributed by atoms with Crippen molar-refractivity contribution < 1.29 is 4.74 Å². The van der Waals surface area contributed by atoms with Crippen molar-refractivity contribution in [3.8, 4) is 0 Å². The van der Waals surface area contributed by atoms with Gasteiger partial charge < -0.3 is 15.4 Å². The van der Waals surface area contributed by atoms with Gasteiger partial charge in [-0.3, -0.25) is 0 Å². The van der Waals surface area contributed by atoms with Crippen LogP contribution >= 0.6 is 0 Å². The molecule has 1 heterocycles. The van der Waals surface area contributed by atoms with Gasteiger partial charge in [-0.25, -0.2) is 0 Å². The van der Waals surface area contributed by atoms with Crippen LogP contribution in [0.3, 0.4) is 0 Å². The zero-order valence-electron chi connectivity index (χ0n) is 12.0. The Morgan fingerprint density at radius 2 is 2.18 bits per heavy atom. The van der Waals surface area contributed by atoms with E-state index in [1.165, 1.54) is 32.2 Å². The first-order chi connectivity index (χ1) is 8.03. The summed E-state index contributed by atoms with van der Waals surface area (Å²) in [5.41, 5.74) is -0.0526. The van der Waals surface area contributed by atoms with Gasteiger partial charge in [-0.15, -0.1) is 0 Å². The standard InChI is InChI=1S/C14H30N2O/c1-5-17-14(3,4)11-16-12(2)10-13-8-6-7-9-15-13/h12-13,15-16H,5-11H2,1-4H3. The zero-order valence-corrected chi connectivity index (χ0v) is 12.0. The van der Waals surface area contributed by atoms with Crippen LogP contribution in [0.1, 0.15) is 53.4 Å². The van der Waals surface area contributed by atoms with Gasteiger partial charge in [-0.2, -0.15) is 0 Å². The largest absolute Gasteiger partial charge is 0.375 e. The molecule has 2 unspecified atom stereocenters. The van der Waals surface area contributed by atoms with Crippen LogP contribution in [-0.2, 0) is 4.74 Å². The molecule has 0 saturated carbocycles. The summed E-state index contributed by atoms with van der Waals surface area (Å²) in [7, 11) is 0. The number of ether oxygens (including phenoxy) is 1. The van der Waals surface area contributed by atoms with Crippen LogP contribution in [-0.4, -0.2) is 37.4 Å². The second-order valence-corrected chi connectivity index (χ2v) is 5.86. The molecule has 1 rings (SSSR count). The first-order valence-electron chi connectivity index (χ1n) is 7.14. The normalized spacial score (nSPS) is 23.6. The second-order valence-electron chi connectivity index (χ2n) is 5.86. The third-order valence-corrected chi connectivity index (χ3v) is 3.46. The van der Waals surface area contributed by atoms with E-state index in [1.807, 2.05) is 0 Å². The molecule has 1 aliphatic heterocycles. The van der Waals surface area contributed by atoms with Gasteiger partial charge in [0.1, 0.15) is 0 Å². The number of hydrogen-bond donors (Lipinski definition) is 2. The summed E-state index contributed by atoms with van der Waals surface area (Å²) in [6.45, 7) is 11.5. The number of hydrogen-bond acceptors (Lipinski definition) is 3. The topological polar surface area (TPSA) is 33.3 Å². The summed E-state index contributed by atoms with van der Waals surface area (Å²) in [6, 6.07) is 1.27. The van der Waals surface area contributed by atoms with Gasteiger partial charge in [0.2, 0.25) is 0 Å².